The maximum atomic E-state index is 11.6. The van der Waals surface area contributed by atoms with Crippen LogP contribution in [0, 0.1) is 6.92 Å². The highest BCUT2D eigenvalue weighted by Gasteiger charge is 2.21. The molecule has 0 saturated carbocycles. The van der Waals surface area contributed by atoms with Gasteiger partial charge in [0.05, 0.1) is 0 Å². The van der Waals surface area contributed by atoms with E-state index in [1.807, 2.05) is 45.0 Å². The van der Waals surface area contributed by atoms with Crippen molar-refractivity contribution in [3.63, 3.8) is 0 Å². The van der Waals surface area contributed by atoms with E-state index in [9.17, 15) is 9.59 Å². The largest absolute Gasteiger partial charge is 0.361 e. The molecule has 1 aromatic rings. The lowest BCUT2D eigenvalue weighted by atomic mass is 10.1. The minimum Gasteiger partial charge on any atom is -0.361 e. The van der Waals surface area contributed by atoms with Crippen LogP contribution in [0.25, 0.3) is 0 Å². The van der Waals surface area contributed by atoms with Crippen molar-refractivity contribution in [2.24, 2.45) is 5.73 Å². The van der Waals surface area contributed by atoms with Crippen molar-refractivity contribution in [1.82, 2.24) is 4.90 Å². The first-order valence-electron chi connectivity index (χ1n) is 5.57. The maximum Gasteiger partial charge on any atom is 0.312 e. The predicted octanol–water partition coefficient (Wildman–Crippen LogP) is 1.22. The van der Waals surface area contributed by atoms with Gasteiger partial charge >= 0.3 is 11.8 Å². The zero-order valence-corrected chi connectivity index (χ0v) is 10.4. The third-order valence-electron chi connectivity index (χ3n) is 2.57. The Morgan fingerprint density at radius 2 is 1.76 bits per heavy atom. The zero-order valence-electron chi connectivity index (χ0n) is 10.4. The zero-order chi connectivity index (χ0) is 13.0. The number of carbonyl (C=O) groups is 2. The van der Waals surface area contributed by atoms with Gasteiger partial charge in [0.15, 0.2) is 0 Å². The average molecular weight is 234 g/mol. The summed E-state index contributed by atoms with van der Waals surface area (Å²) in [7, 11) is 0. The molecule has 17 heavy (non-hydrogen) atoms. The topological polar surface area (TPSA) is 63.4 Å². The Balaban J connectivity index is 2.84. The number of nitrogens with zero attached hydrogens (tertiary/aromatic N) is 1. The molecule has 0 unspecified atom stereocenters. The molecule has 0 aromatic heterocycles. The number of rotatable bonds is 3. The lowest BCUT2D eigenvalue weighted by Gasteiger charge is -2.25. The molecule has 0 bridgehead atoms. The monoisotopic (exact) mass is 234 g/mol. The molecular weight excluding hydrogens is 216 g/mol. The molecule has 0 radical (unpaired) electrons. The third-order valence-corrected chi connectivity index (χ3v) is 2.57. The van der Waals surface area contributed by atoms with Crippen LogP contribution in [0.15, 0.2) is 24.3 Å². The van der Waals surface area contributed by atoms with Crippen molar-refractivity contribution in [2.75, 3.05) is 0 Å². The van der Waals surface area contributed by atoms with Crippen LogP contribution in [0.4, 0.5) is 0 Å². The van der Waals surface area contributed by atoms with E-state index in [0.29, 0.717) is 6.54 Å². The number of primary amides is 1. The second-order valence-electron chi connectivity index (χ2n) is 4.38. The van der Waals surface area contributed by atoms with Crippen LogP contribution in [0.5, 0.6) is 0 Å². The minimum atomic E-state index is -0.911. The Morgan fingerprint density at radius 3 is 2.18 bits per heavy atom. The molecule has 0 spiro atoms. The van der Waals surface area contributed by atoms with Crippen molar-refractivity contribution in [2.45, 2.75) is 33.4 Å². The van der Waals surface area contributed by atoms with Gasteiger partial charge in [0.2, 0.25) is 0 Å². The molecule has 1 rings (SSSR count). The molecule has 0 aliphatic rings. The van der Waals surface area contributed by atoms with E-state index in [0.717, 1.165) is 11.1 Å². The fourth-order valence-electron chi connectivity index (χ4n) is 1.52. The van der Waals surface area contributed by atoms with Crippen molar-refractivity contribution in [3.8, 4) is 0 Å². The van der Waals surface area contributed by atoms with E-state index >= 15 is 0 Å². The lowest BCUT2D eigenvalue weighted by molar-refractivity contribution is -0.145. The van der Waals surface area contributed by atoms with Crippen LogP contribution < -0.4 is 5.73 Å². The summed E-state index contributed by atoms with van der Waals surface area (Å²) in [4.78, 5) is 24.0. The van der Waals surface area contributed by atoms with Gasteiger partial charge < -0.3 is 10.6 Å². The molecule has 4 heteroatoms. The molecule has 0 fully saturated rings. The van der Waals surface area contributed by atoms with Crippen LogP contribution in [-0.2, 0) is 16.1 Å². The summed E-state index contributed by atoms with van der Waals surface area (Å²) in [6.07, 6.45) is 0. The molecule has 0 saturated heterocycles. The van der Waals surface area contributed by atoms with Crippen LogP contribution in [-0.4, -0.2) is 22.8 Å². The number of nitrogens with two attached hydrogens (primary N) is 1. The molecule has 0 heterocycles. The quantitative estimate of drug-likeness (QED) is 0.799. The Bertz CT molecular complexity index is 410. The van der Waals surface area contributed by atoms with E-state index in [-0.39, 0.29) is 6.04 Å². The van der Waals surface area contributed by atoms with Gasteiger partial charge in [0.1, 0.15) is 0 Å². The van der Waals surface area contributed by atoms with Gasteiger partial charge in [0, 0.05) is 12.6 Å². The molecule has 0 aliphatic carbocycles. The van der Waals surface area contributed by atoms with Crippen LogP contribution in [0.1, 0.15) is 25.0 Å². The number of aryl methyl sites for hydroxylation is 1. The summed E-state index contributed by atoms with van der Waals surface area (Å²) >= 11 is 0. The van der Waals surface area contributed by atoms with Gasteiger partial charge in [-0.05, 0) is 26.3 Å². The van der Waals surface area contributed by atoms with Crippen LogP contribution >= 0.6 is 0 Å². The number of hydrogen-bond donors (Lipinski definition) is 1. The maximum absolute atomic E-state index is 11.6. The second kappa shape index (κ2) is 5.48. The summed E-state index contributed by atoms with van der Waals surface area (Å²) in [5, 5.41) is 0. The summed E-state index contributed by atoms with van der Waals surface area (Å²) in [6, 6.07) is 7.78. The first kappa shape index (κ1) is 13.2. The second-order valence-corrected chi connectivity index (χ2v) is 4.38. The number of benzene rings is 1. The Labute approximate surface area is 101 Å². The highest BCUT2D eigenvalue weighted by Crippen LogP contribution is 2.10. The van der Waals surface area contributed by atoms with Crippen molar-refractivity contribution in [3.05, 3.63) is 35.4 Å². The van der Waals surface area contributed by atoms with E-state index in [1.54, 1.807) is 0 Å². The highest BCUT2D eigenvalue weighted by atomic mass is 16.2. The molecule has 0 aliphatic heterocycles. The number of carbonyl (C=O) groups excluding carboxylic acids is 2. The third kappa shape index (κ3) is 3.59. The Kier molecular flexibility index (Phi) is 4.26. The van der Waals surface area contributed by atoms with Gasteiger partial charge in [-0.25, -0.2) is 0 Å². The van der Waals surface area contributed by atoms with E-state index in [4.69, 9.17) is 5.73 Å². The molecule has 92 valence electrons. The van der Waals surface area contributed by atoms with Gasteiger partial charge in [-0.3, -0.25) is 9.59 Å². The highest BCUT2D eigenvalue weighted by molar-refractivity contribution is 6.34. The van der Waals surface area contributed by atoms with Crippen molar-refractivity contribution in [1.29, 1.82) is 0 Å². The first-order chi connectivity index (χ1) is 7.91. The fraction of sp³-hybridized carbons (Fsp3) is 0.385. The number of amides is 2. The molecule has 1 aromatic carbocycles. The Morgan fingerprint density at radius 1 is 1.24 bits per heavy atom. The molecule has 2 amide bonds. The first-order valence-corrected chi connectivity index (χ1v) is 5.57. The van der Waals surface area contributed by atoms with Crippen molar-refractivity contribution >= 4 is 11.8 Å². The van der Waals surface area contributed by atoms with Gasteiger partial charge in [-0.2, -0.15) is 0 Å². The van der Waals surface area contributed by atoms with Crippen LogP contribution in [0.3, 0.4) is 0 Å². The normalized spacial score (nSPS) is 10.4. The van der Waals surface area contributed by atoms with Crippen LogP contribution in [0.2, 0.25) is 0 Å². The minimum absolute atomic E-state index is 0.0590. The van der Waals surface area contributed by atoms with E-state index in [2.05, 4.69) is 0 Å². The summed E-state index contributed by atoms with van der Waals surface area (Å²) in [6.45, 7) is 6.11. The summed E-state index contributed by atoms with van der Waals surface area (Å²) in [5.74, 6) is -1.55. The standard InChI is InChI=1S/C13H18N2O2/c1-9(2)15(13(17)12(14)16)8-11-6-4-10(3)5-7-11/h4-7,9H,8H2,1-3H3,(H2,14,16). The average Bonchev–Trinajstić information content (AvgIpc) is 2.26. The molecule has 2 N–H and O–H groups in total. The predicted molar refractivity (Wildman–Crippen MR) is 66.1 cm³/mol. The summed E-state index contributed by atoms with van der Waals surface area (Å²) < 4.78 is 0. The lowest BCUT2D eigenvalue weighted by Crippen LogP contribution is -2.43. The number of hydrogen-bond acceptors (Lipinski definition) is 2. The van der Waals surface area contributed by atoms with E-state index < -0.39 is 11.8 Å². The fourth-order valence-corrected chi connectivity index (χ4v) is 1.52. The smallest absolute Gasteiger partial charge is 0.312 e. The SMILES string of the molecule is Cc1ccc(CN(C(=O)C(N)=O)C(C)C)cc1. The molecule has 4 nitrogen and oxygen atoms in total. The summed E-state index contributed by atoms with van der Waals surface area (Å²) in [5.41, 5.74) is 7.17. The molecular formula is C13H18N2O2. The molecule has 0 atom stereocenters. The Hall–Kier alpha value is -1.84. The van der Waals surface area contributed by atoms with Gasteiger partial charge in [-0.15, -0.1) is 0 Å². The van der Waals surface area contributed by atoms with E-state index in [1.165, 1.54) is 4.90 Å². The van der Waals surface area contributed by atoms with Crippen molar-refractivity contribution < 1.29 is 9.59 Å². The van der Waals surface area contributed by atoms with Gasteiger partial charge in [-0.1, -0.05) is 29.8 Å². The van der Waals surface area contributed by atoms with Gasteiger partial charge in [0.25, 0.3) is 0 Å².